The van der Waals surface area contributed by atoms with Crippen LogP contribution in [-0.4, -0.2) is 57.7 Å². The van der Waals surface area contributed by atoms with Gasteiger partial charge in [-0.05, 0) is 0 Å². The highest BCUT2D eigenvalue weighted by molar-refractivity contribution is 7.92. The van der Waals surface area contributed by atoms with Gasteiger partial charge in [-0.2, -0.15) is 0 Å². The van der Waals surface area contributed by atoms with E-state index in [2.05, 4.69) is 0 Å². The first-order valence-electron chi connectivity index (χ1n) is 7.81. The second kappa shape index (κ2) is 5.29. The third-order valence-corrected chi connectivity index (χ3v) is 6.97. The molecule has 3 aliphatic heterocycles. The van der Waals surface area contributed by atoms with Crippen LogP contribution in [0, 0.1) is 17.0 Å². The molecule has 1 atom stereocenters. The molecule has 0 saturated carbocycles. The van der Waals surface area contributed by atoms with Crippen molar-refractivity contribution in [3.8, 4) is 0 Å². The van der Waals surface area contributed by atoms with E-state index < -0.39 is 45.0 Å². The van der Waals surface area contributed by atoms with Crippen molar-refractivity contribution in [2.24, 2.45) is 11.1 Å². The van der Waals surface area contributed by atoms with Crippen LogP contribution in [-0.2, 0) is 19.4 Å². The number of carbonyl (C=O) groups excluding carboxylic acids is 2. The predicted octanol–water partition coefficient (Wildman–Crippen LogP) is 0.0101. The van der Waals surface area contributed by atoms with Gasteiger partial charge in [0.25, 0.3) is 5.91 Å². The second-order valence-electron chi connectivity index (χ2n) is 7.03. The van der Waals surface area contributed by atoms with Crippen molar-refractivity contribution in [2.45, 2.75) is 6.10 Å². The number of primary amides is 1. The van der Waals surface area contributed by atoms with Gasteiger partial charge in [0, 0.05) is 30.6 Å². The highest BCUT2D eigenvalue weighted by atomic mass is 32.2. The molecule has 8 nitrogen and oxygen atoms in total. The molecule has 0 unspecified atom stereocenters. The van der Waals surface area contributed by atoms with Crippen molar-refractivity contribution >= 4 is 33.2 Å². The summed E-state index contributed by atoms with van der Waals surface area (Å²) in [7, 11) is -3.02. The van der Waals surface area contributed by atoms with Gasteiger partial charge in [-0.1, -0.05) is 0 Å². The van der Waals surface area contributed by atoms with Crippen molar-refractivity contribution in [3.05, 3.63) is 23.8 Å². The first-order chi connectivity index (χ1) is 12.1. The van der Waals surface area contributed by atoms with Crippen molar-refractivity contribution in [2.75, 3.05) is 40.9 Å². The van der Waals surface area contributed by atoms with E-state index in [9.17, 15) is 26.8 Å². The van der Waals surface area contributed by atoms with Crippen LogP contribution in [0.25, 0.3) is 0 Å². The Morgan fingerprint density at radius 2 is 1.81 bits per heavy atom. The standard InChI is InChI=1S/C15H15F2N3O5S/c16-9-1-8(20-3-11(13(18)21)25-14(20)22)2-10(17)12(9)19-4-15(5-19)6-26(23,24)7-15/h1-2,11H,3-7H2,(H2,18,21)/t11-/m1/s1. The maximum atomic E-state index is 14.5. The number of benzene rings is 1. The van der Waals surface area contributed by atoms with Gasteiger partial charge in [0.15, 0.2) is 27.6 Å². The number of rotatable bonds is 3. The largest absolute Gasteiger partial charge is 0.434 e. The Morgan fingerprint density at radius 1 is 1.23 bits per heavy atom. The van der Waals surface area contributed by atoms with Crippen LogP contribution >= 0.6 is 0 Å². The van der Waals surface area contributed by atoms with Gasteiger partial charge in [-0.15, -0.1) is 0 Å². The number of anilines is 2. The first kappa shape index (κ1) is 17.0. The zero-order chi connectivity index (χ0) is 18.9. The summed E-state index contributed by atoms with van der Waals surface area (Å²) in [5, 5.41) is 0. The Balaban J connectivity index is 1.53. The molecule has 2 N–H and O–H groups in total. The molecule has 0 radical (unpaired) electrons. The quantitative estimate of drug-likeness (QED) is 0.782. The summed E-state index contributed by atoms with van der Waals surface area (Å²) < 4.78 is 56.3. The Hall–Kier alpha value is -2.43. The van der Waals surface area contributed by atoms with E-state index in [1.165, 1.54) is 4.90 Å². The third kappa shape index (κ3) is 2.57. The molecule has 3 fully saturated rings. The van der Waals surface area contributed by atoms with Crippen molar-refractivity contribution in [1.82, 2.24) is 0 Å². The number of hydrogen-bond donors (Lipinski definition) is 1. The summed E-state index contributed by atoms with van der Waals surface area (Å²) in [5.41, 5.74) is 4.31. The number of halogens is 2. The van der Waals surface area contributed by atoms with E-state index in [1.54, 1.807) is 0 Å². The van der Waals surface area contributed by atoms with E-state index >= 15 is 0 Å². The molecule has 3 aliphatic rings. The molecule has 1 spiro atoms. The minimum Gasteiger partial charge on any atom is -0.434 e. The van der Waals surface area contributed by atoms with Gasteiger partial charge in [0.1, 0.15) is 5.69 Å². The average molecular weight is 387 g/mol. The van der Waals surface area contributed by atoms with E-state index in [0.717, 1.165) is 17.0 Å². The molecule has 0 aromatic heterocycles. The normalized spacial score (nSPS) is 25.6. The smallest absolute Gasteiger partial charge is 0.415 e. The summed E-state index contributed by atoms with van der Waals surface area (Å²) in [4.78, 5) is 25.3. The van der Waals surface area contributed by atoms with Gasteiger partial charge >= 0.3 is 6.09 Å². The fourth-order valence-corrected chi connectivity index (χ4v) is 5.97. The van der Waals surface area contributed by atoms with Gasteiger partial charge in [0.05, 0.1) is 23.7 Å². The first-order valence-corrected chi connectivity index (χ1v) is 9.63. The molecular formula is C15H15F2N3O5S. The van der Waals surface area contributed by atoms with E-state index in [-0.39, 0.29) is 42.5 Å². The Kier molecular flexibility index (Phi) is 3.46. The summed E-state index contributed by atoms with van der Waals surface area (Å²) >= 11 is 0. The number of sulfone groups is 1. The maximum absolute atomic E-state index is 14.5. The van der Waals surface area contributed by atoms with E-state index in [4.69, 9.17) is 10.5 Å². The monoisotopic (exact) mass is 387 g/mol. The number of nitrogens with zero attached hydrogens (tertiary/aromatic N) is 2. The van der Waals surface area contributed by atoms with E-state index in [0.29, 0.717) is 0 Å². The minimum absolute atomic E-state index is 0.0337. The number of carbonyl (C=O) groups is 2. The number of hydrogen-bond acceptors (Lipinski definition) is 6. The molecule has 2 amide bonds. The van der Waals surface area contributed by atoms with Gasteiger partial charge in [0.2, 0.25) is 0 Å². The molecular weight excluding hydrogens is 372 g/mol. The highest BCUT2D eigenvalue weighted by Gasteiger charge is 2.56. The van der Waals surface area contributed by atoms with Gasteiger partial charge in [-0.25, -0.2) is 22.0 Å². The summed E-state index contributed by atoms with van der Waals surface area (Å²) in [5.74, 6) is -2.54. The van der Waals surface area contributed by atoms with Crippen LogP contribution in [0.4, 0.5) is 25.0 Å². The SMILES string of the molecule is NC(=O)[C@H]1CN(c2cc(F)c(N3CC4(C3)CS(=O)(=O)C4)c(F)c2)C(=O)O1. The maximum Gasteiger partial charge on any atom is 0.415 e. The molecule has 1 aromatic carbocycles. The fourth-order valence-electron chi connectivity index (χ4n) is 3.83. The van der Waals surface area contributed by atoms with Crippen molar-refractivity contribution < 1.29 is 31.5 Å². The van der Waals surface area contributed by atoms with Gasteiger partial charge < -0.3 is 15.4 Å². The Morgan fingerprint density at radius 3 is 2.27 bits per heavy atom. The summed E-state index contributed by atoms with van der Waals surface area (Å²) in [6.07, 6.45) is -2.09. The number of ether oxygens (including phenoxy) is 1. The molecule has 3 heterocycles. The number of cyclic esters (lactones) is 1. The topological polar surface area (TPSA) is 110 Å². The lowest BCUT2D eigenvalue weighted by Crippen LogP contribution is -2.68. The zero-order valence-electron chi connectivity index (χ0n) is 13.4. The third-order valence-electron chi connectivity index (χ3n) is 4.86. The molecule has 26 heavy (non-hydrogen) atoms. The van der Waals surface area contributed by atoms with Crippen molar-refractivity contribution in [3.63, 3.8) is 0 Å². The van der Waals surface area contributed by atoms with Gasteiger partial charge in [-0.3, -0.25) is 9.69 Å². The molecule has 11 heteroatoms. The molecule has 3 saturated heterocycles. The van der Waals surface area contributed by atoms with Crippen LogP contribution in [0.5, 0.6) is 0 Å². The van der Waals surface area contributed by atoms with Crippen LogP contribution in [0.3, 0.4) is 0 Å². The highest BCUT2D eigenvalue weighted by Crippen LogP contribution is 2.45. The lowest BCUT2D eigenvalue weighted by Gasteiger charge is -2.55. The fraction of sp³-hybridized carbons (Fsp3) is 0.467. The van der Waals surface area contributed by atoms with Crippen LogP contribution < -0.4 is 15.5 Å². The predicted molar refractivity (Wildman–Crippen MR) is 86.5 cm³/mol. The lowest BCUT2D eigenvalue weighted by atomic mass is 9.82. The molecule has 0 bridgehead atoms. The zero-order valence-corrected chi connectivity index (χ0v) is 14.3. The summed E-state index contributed by atoms with van der Waals surface area (Å²) in [6, 6.07) is 1.96. The molecule has 0 aliphatic carbocycles. The summed E-state index contributed by atoms with van der Waals surface area (Å²) in [6.45, 7) is 0.293. The number of amides is 2. The minimum atomic E-state index is -3.02. The molecule has 4 rings (SSSR count). The lowest BCUT2D eigenvalue weighted by molar-refractivity contribution is -0.124. The number of nitrogens with two attached hydrogens (primary N) is 1. The van der Waals surface area contributed by atoms with Crippen LogP contribution in [0.15, 0.2) is 12.1 Å². The molecule has 1 aromatic rings. The Bertz CT molecular complexity index is 892. The molecule has 140 valence electrons. The second-order valence-corrected chi connectivity index (χ2v) is 9.10. The van der Waals surface area contributed by atoms with Crippen molar-refractivity contribution in [1.29, 1.82) is 0 Å². The van der Waals surface area contributed by atoms with Crippen LogP contribution in [0.2, 0.25) is 0 Å². The Labute approximate surface area is 147 Å². The average Bonchev–Trinajstić information content (AvgIpc) is 2.84. The van der Waals surface area contributed by atoms with Crippen LogP contribution in [0.1, 0.15) is 0 Å². The van der Waals surface area contributed by atoms with E-state index in [1.807, 2.05) is 0 Å².